The molecule has 0 amide bonds. The van der Waals surface area contributed by atoms with E-state index in [2.05, 4.69) is 27.7 Å². The van der Waals surface area contributed by atoms with Crippen molar-refractivity contribution < 1.29 is 23.6 Å². The van der Waals surface area contributed by atoms with Crippen molar-refractivity contribution in [1.82, 2.24) is 0 Å². The second-order valence-corrected chi connectivity index (χ2v) is 14.2. The van der Waals surface area contributed by atoms with E-state index in [0.717, 1.165) is 24.8 Å². The number of hydrogen-bond donors (Lipinski definition) is 1. The van der Waals surface area contributed by atoms with Crippen molar-refractivity contribution in [2.45, 2.75) is 106 Å². The predicted octanol–water partition coefficient (Wildman–Crippen LogP) is 6.62. The lowest BCUT2D eigenvalue weighted by molar-refractivity contribution is -0.188. The molecule has 0 spiro atoms. The zero-order valence-corrected chi connectivity index (χ0v) is 21.8. The molecule has 1 N–H and O–H groups in total. The predicted molar refractivity (Wildman–Crippen MR) is 132 cm³/mol. The van der Waals surface area contributed by atoms with E-state index in [1.807, 2.05) is 13.0 Å². The molecule has 0 aromatic rings. The second kappa shape index (κ2) is 6.85. The Morgan fingerprint density at radius 1 is 1.00 bits per heavy atom. The van der Waals surface area contributed by atoms with Crippen LogP contribution in [0.2, 0.25) is 0 Å². The monoisotopic (exact) mass is 471 g/mol. The van der Waals surface area contributed by atoms with Gasteiger partial charge in [0.1, 0.15) is 5.78 Å². The number of fused-ring (bicyclic) bond motifs is 7. The van der Waals surface area contributed by atoms with Gasteiger partial charge in [0.15, 0.2) is 5.78 Å². The van der Waals surface area contributed by atoms with Crippen LogP contribution in [-0.4, -0.2) is 22.6 Å². The Hall–Kier alpha value is -1.45. The summed E-state index contributed by atoms with van der Waals surface area (Å²) in [5.74, 6) is -1.54. The Morgan fingerprint density at radius 2 is 1.68 bits per heavy atom. The molecule has 5 aliphatic carbocycles. The molecular formula is C30H44O4. The fourth-order valence-corrected chi connectivity index (χ4v) is 9.87. The molecule has 188 valence electrons. The molecule has 0 saturated heterocycles. The Balaban J connectivity index is 1.64. The van der Waals surface area contributed by atoms with Gasteiger partial charge in [-0.05, 0) is 97.9 Å². The molecule has 5 rings (SSSR count). The molecule has 0 heterocycles. The maximum Gasteiger partial charge on any atom is 0.309 e. The summed E-state index contributed by atoms with van der Waals surface area (Å²) in [5.41, 5.74) is -2.31. The number of carboxylic acid groups (broad SMARTS) is 1. The molecule has 0 aromatic heterocycles. The highest BCUT2D eigenvalue weighted by Crippen LogP contribution is 2.74. The van der Waals surface area contributed by atoms with Gasteiger partial charge in [-0.25, -0.2) is 0 Å². The number of carbonyl (C=O) groups is 3. The molecule has 0 aromatic carbocycles. The van der Waals surface area contributed by atoms with Gasteiger partial charge in [0, 0.05) is 21.9 Å². The molecule has 4 fully saturated rings. The number of carbonyl (C=O) groups excluding carboxylic acids is 2. The topological polar surface area (TPSA) is 71.4 Å². The zero-order chi connectivity index (χ0) is 27.6. The molecule has 0 bridgehead atoms. The Labute approximate surface area is 209 Å². The van der Waals surface area contributed by atoms with Crippen LogP contribution in [0.4, 0.5) is 0 Å². The second-order valence-electron chi connectivity index (χ2n) is 14.2. The standard InChI is InChI=1S/C30H44O4/c1-25(2)21-8-11-30(7)23(28(21,5)10-9-22(25)32)20(31)16-18-19-17-27(4,24(33)34)13-12-26(19,3)14-15-29(18,30)6/h16,19,21,23H,8-15,17H2,1-7H3,(H,33,34)/t19-,21?,23?,26+,27-,28-,29+,30+/m0/s1/i1D3/t19-,21?,23?,25?,26+,27-,28-,29+,30+. The number of allylic oxidation sites excluding steroid dienone is 2. The molecule has 4 heteroatoms. The number of Topliss-reactive ketones (excluding diaryl/α,β-unsaturated/α-hetero) is 1. The lowest BCUT2D eigenvalue weighted by atomic mass is 9.33. The van der Waals surface area contributed by atoms with Gasteiger partial charge in [-0.15, -0.1) is 0 Å². The van der Waals surface area contributed by atoms with Crippen LogP contribution in [0, 0.1) is 50.2 Å². The first kappa shape index (κ1) is 20.7. The molecule has 0 radical (unpaired) electrons. The fraction of sp³-hybridized carbons (Fsp3) is 0.833. The van der Waals surface area contributed by atoms with Gasteiger partial charge in [-0.2, -0.15) is 0 Å². The third-order valence-electron chi connectivity index (χ3n) is 12.5. The van der Waals surface area contributed by atoms with Gasteiger partial charge in [-0.3, -0.25) is 14.4 Å². The minimum atomic E-state index is -2.41. The highest BCUT2D eigenvalue weighted by atomic mass is 16.4. The SMILES string of the molecule is [2H]C([2H])([2H])C1(C)C(=O)CC[C@@]2(C)C1CC[C@]1(C)C2C(=O)C=C2[C@@H]3C[C@@](C)(C(=O)O)CC[C@]3(C)CC[C@]21C. The third-order valence-corrected chi connectivity index (χ3v) is 12.5. The molecule has 34 heavy (non-hydrogen) atoms. The molecule has 5 aliphatic rings. The highest BCUT2D eigenvalue weighted by molar-refractivity contribution is 5.96. The summed E-state index contributed by atoms with van der Waals surface area (Å²) in [6, 6.07) is 0. The summed E-state index contributed by atoms with van der Waals surface area (Å²) in [5, 5.41) is 10.1. The van der Waals surface area contributed by atoms with E-state index < -0.39 is 29.1 Å². The van der Waals surface area contributed by atoms with Gasteiger partial charge in [0.2, 0.25) is 0 Å². The Kier molecular flexibility index (Phi) is 4.17. The van der Waals surface area contributed by atoms with Gasteiger partial charge in [0.05, 0.1) is 5.41 Å². The maximum atomic E-state index is 14.3. The van der Waals surface area contributed by atoms with Crippen LogP contribution in [-0.2, 0) is 14.4 Å². The zero-order valence-electron chi connectivity index (χ0n) is 24.8. The Bertz CT molecular complexity index is 1110. The smallest absolute Gasteiger partial charge is 0.309 e. The van der Waals surface area contributed by atoms with Crippen LogP contribution in [0.25, 0.3) is 0 Å². The minimum absolute atomic E-state index is 0.0119. The van der Waals surface area contributed by atoms with Gasteiger partial charge in [-0.1, -0.05) is 47.0 Å². The van der Waals surface area contributed by atoms with Gasteiger partial charge < -0.3 is 5.11 Å². The number of carboxylic acids is 1. The summed E-state index contributed by atoms with van der Waals surface area (Å²) in [6.07, 6.45) is 7.97. The normalized spacial score (nSPS) is 56.5. The van der Waals surface area contributed by atoms with Crippen molar-refractivity contribution in [2.24, 2.45) is 50.2 Å². The molecule has 3 unspecified atom stereocenters. The molecule has 0 aliphatic heterocycles. The first-order chi connectivity index (χ1) is 16.8. The number of rotatable bonds is 1. The van der Waals surface area contributed by atoms with Crippen molar-refractivity contribution in [2.75, 3.05) is 0 Å². The summed E-state index contributed by atoms with van der Waals surface area (Å²) >= 11 is 0. The third kappa shape index (κ3) is 2.75. The van der Waals surface area contributed by atoms with Crippen LogP contribution in [0.1, 0.15) is 110 Å². The van der Waals surface area contributed by atoms with Crippen LogP contribution >= 0.6 is 0 Å². The summed E-state index contributed by atoms with van der Waals surface area (Å²) in [7, 11) is 0. The summed E-state index contributed by atoms with van der Waals surface area (Å²) in [6.45, 7) is 9.99. The van der Waals surface area contributed by atoms with Crippen molar-refractivity contribution in [3.05, 3.63) is 11.6 Å². The maximum absolute atomic E-state index is 14.3. The Morgan fingerprint density at radius 3 is 2.32 bits per heavy atom. The first-order valence-corrected chi connectivity index (χ1v) is 13.3. The van der Waals surface area contributed by atoms with E-state index in [4.69, 9.17) is 4.11 Å². The molecule has 4 saturated carbocycles. The van der Waals surface area contributed by atoms with Crippen LogP contribution in [0.5, 0.6) is 0 Å². The first-order valence-electron chi connectivity index (χ1n) is 14.8. The van der Waals surface area contributed by atoms with E-state index >= 15 is 0 Å². The minimum Gasteiger partial charge on any atom is -0.481 e. The van der Waals surface area contributed by atoms with Crippen LogP contribution < -0.4 is 0 Å². The van der Waals surface area contributed by atoms with Crippen LogP contribution in [0.3, 0.4) is 0 Å². The van der Waals surface area contributed by atoms with E-state index in [9.17, 15) is 19.5 Å². The molecule has 9 atom stereocenters. The van der Waals surface area contributed by atoms with Crippen molar-refractivity contribution in [3.63, 3.8) is 0 Å². The fourth-order valence-electron chi connectivity index (χ4n) is 9.87. The van der Waals surface area contributed by atoms with Crippen molar-refractivity contribution in [1.29, 1.82) is 0 Å². The number of hydrogen-bond acceptors (Lipinski definition) is 3. The molecule has 4 nitrogen and oxygen atoms in total. The summed E-state index contributed by atoms with van der Waals surface area (Å²) in [4.78, 5) is 39.7. The van der Waals surface area contributed by atoms with Gasteiger partial charge in [0.25, 0.3) is 0 Å². The van der Waals surface area contributed by atoms with E-state index in [0.29, 0.717) is 32.1 Å². The average molecular weight is 472 g/mol. The largest absolute Gasteiger partial charge is 0.481 e. The quantitative estimate of drug-likeness (QED) is 0.466. The average Bonchev–Trinajstić information content (AvgIpc) is 2.78. The van der Waals surface area contributed by atoms with Crippen molar-refractivity contribution in [3.8, 4) is 0 Å². The van der Waals surface area contributed by atoms with E-state index in [1.54, 1.807) is 6.92 Å². The lowest BCUT2D eigenvalue weighted by Crippen LogP contribution is -2.66. The van der Waals surface area contributed by atoms with Crippen LogP contribution in [0.15, 0.2) is 11.6 Å². The molecular weight excluding hydrogens is 424 g/mol. The summed E-state index contributed by atoms with van der Waals surface area (Å²) < 4.78 is 25.0. The number of ketones is 2. The van der Waals surface area contributed by atoms with E-state index in [1.165, 1.54) is 0 Å². The van der Waals surface area contributed by atoms with Crippen molar-refractivity contribution >= 4 is 17.5 Å². The van der Waals surface area contributed by atoms with Gasteiger partial charge >= 0.3 is 5.97 Å². The highest BCUT2D eigenvalue weighted by Gasteiger charge is 2.70. The lowest BCUT2D eigenvalue weighted by Gasteiger charge is -2.69. The van der Waals surface area contributed by atoms with E-state index in [-0.39, 0.29) is 52.0 Å². The number of aliphatic carboxylic acids is 1.